The molecule has 7 nitrogen and oxygen atoms in total. The van der Waals surface area contributed by atoms with Crippen molar-refractivity contribution in [3.8, 4) is 0 Å². The standard InChI is InChI=1S/C19H32N6OS.HI/c1-4-20-18(21-11-16-12-27-19(24-16)25(2)3)23-15-7-5-6-13(10-15)17(26)22-14-8-9-14;/h12-15H,4-11H2,1-3H3,(H,22,26)(H2,20,21,23);1H. The predicted octanol–water partition coefficient (Wildman–Crippen LogP) is 2.72. The van der Waals surface area contributed by atoms with Crippen LogP contribution in [-0.2, 0) is 11.3 Å². The summed E-state index contributed by atoms with van der Waals surface area (Å²) in [5.74, 6) is 1.18. The monoisotopic (exact) mass is 520 g/mol. The first-order valence-electron chi connectivity index (χ1n) is 10.0. The topological polar surface area (TPSA) is 81.7 Å². The number of hydrogen-bond donors (Lipinski definition) is 3. The van der Waals surface area contributed by atoms with Crippen LogP contribution in [0.15, 0.2) is 10.4 Å². The van der Waals surface area contributed by atoms with Crippen molar-refractivity contribution in [2.75, 3.05) is 25.5 Å². The summed E-state index contributed by atoms with van der Waals surface area (Å²) in [6.45, 7) is 3.43. The first kappa shape index (κ1) is 23.2. The van der Waals surface area contributed by atoms with Crippen LogP contribution in [0.1, 0.15) is 51.1 Å². The Balaban J connectivity index is 0.00000280. The summed E-state index contributed by atoms with van der Waals surface area (Å²) >= 11 is 1.63. The summed E-state index contributed by atoms with van der Waals surface area (Å²) in [5, 5.41) is 13.1. The molecule has 1 aromatic rings. The Bertz CT molecular complexity index is 661. The average Bonchev–Trinajstić information content (AvgIpc) is 3.33. The first-order chi connectivity index (χ1) is 13.0. The van der Waals surface area contributed by atoms with Gasteiger partial charge in [0.15, 0.2) is 11.1 Å². The number of hydrogen-bond acceptors (Lipinski definition) is 5. The predicted molar refractivity (Wildman–Crippen MR) is 127 cm³/mol. The zero-order valence-corrected chi connectivity index (χ0v) is 20.2. The number of rotatable bonds is 7. The molecule has 2 fully saturated rings. The fourth-order valence-electron chi connectivity index (χ4n) is 3.35. The number of nitrogens with one attached hydrogen (secondary N) is 3. The molecule has 158 valence electrons. The molecule has 2 aliphatic rings. The third-order valence-electron chi connectivity index (χ3n) is 4.98. The largest absolute Gasteiger partial charge is 0.357 e. The van der Waals surface area contributed by atoms with E-state index in [4.69, 9.17) is 4.99 Å². The molecule has 28 heavy (non-hydrogen) atoms. The molecule has 0 bridgehead atoms. The average molecular weight is 520 g/mol. The normalized spacial score (nSPS) is 22.2. The third kappa shape index (κ3) is 7.06. The highest BCUT2D eigenvalue weighted by Crippen LogP contribution is 2.27. The van der Waals surface area contributed by atoms with Gasteiger partial charge in [0, 0.05) is 44.0 Å². The molecule has 1 heterocycles. The van der Waals surface area contributed by atoms with Crippen molar-refractivity contribution >= 4 is 52.3 Å². The van der Waals surface area contributed by atoms with E-state index in [2.05, 4.69) is 33.2 Å². The van der Waals surface area contributed by atoms with Crippen LogP contribution in [0, 0.1) is 5.92 Å². The van der Waals surface area contributed by atoms with Gasteiger partial charge in [-0.2, -0.15) is 0 Å². The zero-order valence-electron chi connectivity index (χ0n) is 17.0. The Morgan fingerprint density at radius 1 is 1.25 bits per heavy atom. The maximum Gasteiger partial charge on any atom is 0.223 e. The summed E-state index contributed by atoms with van der Waals surface area (Å²) in [7, 11) is 3.99. The molecule has 1 aromatic heterocycles. The number of aromatic nitrogens is 1. The molecule has 0 aromatic carbocycles. The number of amides is 1. The molecule has 2 saturated carbocycles. The van der Waals surface area contributed by atoms with Crippen molar-refractivity contribution in [3.63, 3.8) is 0 Å². The van der Waals surface area contributed by atoms with Crippen LogP contribution in [0.25, 0.3) is 0 Å². The Morgan fingerprint density at radius 2 is 2.04 bits per heavy atom. The summed E-state index contributed by atoms with van der Waals surface area (Å²) in [6, 6.07) is 0.731. The smallest absolute Gasteiger partial charge is 0.223 e. The van der Waals surface area contributed by atoms with Gasteiger partial charge in [-0.15, -0.1) is 35.3 Å². The summed E-state index contributed by atoms with van der Waals surface area (Å²) in [6.07, 6.45) is 6.32. The molecular formula is C19H33IN6OS. The molecule has 1 amide bonds. The van der Waals surface area contributed by atoms with E-state index in [1.54, 1.807) is 11.3 Å². The van der Waals surface area contributed by atoms with Gasteiger partial charge in [0.25, 0.3) is 0 Å². The second kappa shape index (κ2) is 11.2. The number of halogens is 1. The minimum Gasteiger partial charge on any atom is -0.357 e. The van der Waals surface area contributed by atoms with E-state index in [0.29, 0.717) is 18.6 Å². The highest BCUT2D eigenvalue weighted by molar-refractivity contribution is 14.0. The van der Waals surface area contributed by atoms with Gasteiger partial charge in [0.1, 0.15) is 0 Å². The van der Waals surface area contributed by atoms with E-state index in [0.717, 1.165) is 61.9 Å². The third-order valence-corrected chi connectivity index (χ3v) is 6.03. The lowest BCUT2D eigenvalue weighted by molar-refractivity contribution is -0.126. The van der Waals surface area contributed by atoms with Crippen LogP contribution in [0.5, 0.6) is 0 Å². The molecule has 0 aliphatic heterocycles. The minimum absolute atomic E-state index is 0. The van der Waals surface area contributed by atoms with Gasteiger partial charge >= 0.3 is 0 Å². The summed E-state index contributed by atoms with van der Waals surface area (Å²) in [5.41, 5.74) is 0.978. The molecule has 2 aliphatic carbocycles. The number of guanidine groups is 1. The number of nitrogens with zero attached hydrogens (tertiary/aromatic N) is 3. The molecule has 0 saturated heterocycles. The lowest BCUT2D eigenvalue weighted by Crippen LogP contribution is -2.47. The van der Waals surface area contributed by atoms with Gasteiger partial charge in [-0.1, -0.05) is 6.42 Å². The zero-order chi connectivity index (χ0) is 19.2. The molecular weight excluding hydrogens is 487 g/mol. The van der Waals surface area contributed by atoms with Crippen molar-refractivity contribution in [2.24, 2.45) is 10.9 Å². The van der Waals surface area contributed by atoms with E-state index < -0.39 is 0 Å². The molecule has 2 atom stereocenters. The fraction of sp³-hybridized carbons (Fsp3) is 0.737. The number of aliphatic imine (C=N–C) groups is 1. The van der Waals surface area contributed by atoms with Crippen LogP contribution in [0.4, 0.5) is 5.13 Å². The number of carbonyl (C=O) groups is 1. The van der Waals surface area contributed by atoms with Crippen LogP contribution in [0.3, 0.4) is 0 Å². The van der Waals surface area contributed by atoms with Gasteiger partial charge in [-0.3, -0.25) is 4.79 Å². The molecule has 0 spiro atoms. The van der Waals surface area contributed by atoms with E-state index in [1.807, 2.05) is 19.0 Å². The SMILES string of the molecule is CCNC(=NCc1csc(N(C)C)n1)NC1CCCC(C(=O)NC2CC2)C1.I. The highest BCUT2D eigenvalue weighted by atomic mass is 127. The fourth-order valence-corrected chi connectivity index (χ4v) is 4.10. The van der Waals surface area contributed by atoms with Gasteiger partial charge in [0.2, 0.25) is 5.91 Å². The van der Waals surface area contributed by atoms with E-state index in [1.165, 1.54) is 0 Å². The maximum absolute atomic E-state index is 12.4. The first-order valence-corrected chi connectivity index (χ1v) is 10.9. The van der Waals surface area contributed by atoms with Crippen molar-refractivity contribution in [3.05, 3.63) is 11.1 Å². The molecule has 3 N–H and O–H groups in total. The number of anilines is 1. The molecule has 9 heteroatoms. The van der Waals surface area contributed by atoms with Crippen molar-refractivity contribution in [1.29, 1.82) is 0 Å². The summed E-state index contributed by atoms with van der Waals surface area (Å²) < 4.78 is 0. The quantitative estimate of drug-likeness (QED) is 0.293. The van der Waals surface area contributed by atoms with Gasteiger partial charge in [-0.05, 0) is 39.0 Å². The van der Waals surface area contributed by atoms with E-state index in [-0.39, 0.29) is 35.8 Å². The molecule has 0 radical (unpaired) electrons. The van der Waals surface area contributed by atoms with Gasteiger partial charge in [0.05, 0.1) is 12.2 Å². The Kier molecular flexibility index (Phi) is 9.26. The maximum atomic E-state index is 12.4. The van der Waals surface area contributed by atoms with Crippen LogP contribution in [0.2, 0.25) is 0 Å². The Morgan fingerprint density at radius 3 is 2.68 bits per heavy atom. The highest BCUT2D eigenvalue weighted by Gasteiger charge is 2.31. The van der Waals surface area contributed by atoms with Crippen molar-refractivity contribution in [1.82, 2.24) is 20.9 Å². The van der Waals surface area contributed by atoms with Gasteiger partial charge < -0.3 is 20.9 Å². The van der Waals surface area contributed by atoms with Crippen LogP contribution in [-0.4, -0.2) is 49.6 Å². The van der Waals surface area contributed by atoms with Gasteiger partial charge in [-0.25, -0.2) is 9.98 Å². The van der Waals surface area contributed by atoms with Crippen molar-refractivity contribution in [2.45, 2.75) is 64.1 Å². The Hall–Kier alpha value is -1.10. The second-order valence-electron chi connectivity index (χ2n) is 7.70. The second-order valence-corrected chi connectivity index (χ2v) is 8.54. The molecule has 2 unspecified atom stereocenters. The number of thiazole rings is 1. The van der Waals surface area contributed by atoms with Crippen LogP contribution >= 0.6 is 35.3 Å². The van der Waals surface area contributed by atoms with E-state index in [9.17, 15) is 4.79 Å². The molecule has 3 rings (SSSR count). The lowest BCUT2D eigenvalue weighted by Gasteiger charge is -2.30. The Labute approximate surface area is 189 Å². The van der Waals surface area contributed by atoms with Crippen LogP contribution < -0.4 is 20.9 Å². The number of carbonyl (C=O) groups excluding carboxylic acids is 1. The van der Waals surface area contributed by atoms with E-state index >= 15 is 0 Å². The summed E-state index contributed by atoms with van der Waals surface area (Å²) in [4.78, 5) is 23.7. The lowest BCUT2D eigenvalue weighted by atomic mass is 9.85. The minimum atomic E-state index is 0. The van der Waals surface area contributed by atoms with Crippen molar-refractivity contribution < 1.29 is 4.79 Å².